The van der Waals surface area contributed by atoms with Crippen molar-refractivity contribution in [1.82, 2.24) is 4.31 Å². The number of rotatable bonds is 2. The van der Waals surface area contributed by atoms with Gasteiger partial charge in [0.2, 0.25) is 10.0 Å². The van der Waals surface area contributed by atoms with Gasteiger partial charge in [0.25, 0.3) is 0 Å². The van der Waals surface area contributed by atoms with E-state index in [9.17, 15) is 8.42 Å². The summed E-state index contributed by atoms with van der Waals surface area (Å²) in [5.41, 5.74) is 0. The number of piperidine rings is 1. The van der Waals surface area contributed by atoms with E-state index < -0.39 is 10.0 Å². The van der Waals surface area contributed by atoms with E-state index in [4.69, 9.17) is 0 Å². The van der Waals surface area contributed by atoms with Crippen LogP contribution < -0.4 is 0 Å². The summed E-state index contributed by atoms with van der Waals surface area (Å²) in [5.74, 6) is 0.841. The summed E-state index contributed by atoms with van der Waals surface area (Å²) in [7, 11) is -3.39. The molecule has 4 heteroatoms. The molecule has 2 aromatic carbocycles. The van der Waals surface area contributed by atoms with Gasteiger partial charge in [0, 0.05) is 13.1 Å². The summed E-state index contributed by atoms with van der Waals surface area (Å²) < 4.78 is 27.3. The number of fused-ring (bicyclic) bond motifs is 1. The Bertz CT molecular complexity index is 744. The number of benzene rings is 2. The highest BCUT2D eigenvalue weighted by molar-refractivity contribution is 7.89. The first kappa shape index (κ1) is 14.5. The van der Waals surface area contributed by atoms with Crippen LogP contribution >= 0.6 is 0 Å². The van der Waals surface area contributed by atoms with Gasteiger partial charge in [-0.05, 0) is 41.2 Å². The van der Waals surface area contributed by atoms with Crippen molar-refractivity contribution >= 4 is 20.8 Å². The maximum atomic E-state index is 12.8. The Balaban J connectivity index is 1.99. The smallest absolute Gasteiger partial charge is 0.207 e. The molecule has 1 aliphatic heterocycles. The predicted molar refractivity (Wildman–Crippen MR) is 85.7 cm³/mol. The lowest BCUT2D eigenvalue weighted by molar-refractivity contribution is 0.222. The Hall–Kier alpha value is -1.39. The molecule has 0 spiro atoms. The fraction of sp³-hybridized carbons (Fsp3) is 0.412. The fourth-order valence-corrected chi connectivity index (χ4v) is 4.99. The molecule has 3 rings (SSSR count). The Morgan fingerprint density at radius 3 is 2.24 bits per heavy atom. The van der Waals surface area contributed by atoms with Gasteiger partial charge in [-0.2, -0.15) is 4.31 Å². The van der Waals surface area contributed by atoms with E-state index in [0.29, 0.717) is 29.8 Å². The van der Waals surface area contributed by atoms with Crippen LogP contribution in [0.4, 0.5) is 0 Å². The van der Waals surface area contributed by atoms with Crippen molar-refractivity contribution in [3.8, 4) is 0 Å². The van der Waals surface area contributed by atoms with Crippen molar-refractivity contribution in [1.29, 1.82) is 0 Å². The van der Waals surface area contributed by atoms with E-state index >= 15 is 0 Å². The van der Waals surface area contributed by atoms with Crippen LogP contribution in [0.3, 0.4) is 0 Å². The third-order valence-corrected chi connectivity index (χ3v) is 6.02. The molecular formula is C17H21NO2S. The first-order chi connectivity index (χ1) is 9.96. The maximum Gasteiger partial charge on any atom is 0.243 e. The molecule has 112 valence electrons. The Morgan fingerprint density at radius 1 is 0.952 bits per heavy atom. The minimum absolute atomic E-state index is 0.405. The van der Waals surface area contributed by atoms with E-state index in [-0.39, 0.29) is 0 Å². The van der Waals surface area contributed by atoms with Crippen LogP contribution in [0.1, 0.15) is 20.3 Å². The van der Waals surface area contributed by atoms with Gasteiger partial charge in [0.05, 0.1) is 4.90 Å². The molecule has 0 aromatic heterocycles. The van der Waals surface area contributed by atoms with Crippen LogP contribution in [0.5, 0.6) is 0 Å². The zero-order valence-corrected chi connectivity index (χ0v) is 13.3. The molecule has 2 atom stereocenters. The number of nitrogens with zero attached hydrogens (tertiary/aromatic N) is 1. The average molecular weight is 303 g/mol. The Kier molecular flexibility index (Phi) is 3.76. The molecule has 0 aliphatic carbocycles. The number of hydrogen-bond acceptors (Lipinski definition) is 2. The monoisotopic (exact) mass is 303 g/mol. The number of sulfonamides is 1. The average Bonchev–Trinajstić information content (AvgIpc) is 2.45. The zero-order chi connectivity index (χ0) is 15.0. The molecule has 0 saturated carbocycles. The lowest BCUT2D eigenvalue weighted by atomic mass is 9.94. The molecule has 21 heavy (non-hydrogen) atoms. The van der Waals surface area contributed by atoms with Crippen LogP contribution in [0, 0.1) is 11.8 Å². The van der Waals surface area contributed by atoms with E-state index in [1.54, 1.807) is 16.4 Å². The van der Waals surface area contributed by atoms with Crippen molar-refractivity contribution in [2.75, 3.05) is 13.1 Å². The Labute approximate surface area is 126 Å². The summed E-state index contributed by atoms with van der Waals surface area (Å²) in [6, 6.07) is 13.2. The van der Waals surface area contributed by atoms with Gasteiger partial charge in [0.15, 0.2) is 0 Å². The molecule has 1 aliphatic rings. The predicted octanol–water partition coefficient (Wildman–Crippen LogP) is 3.51. The molecule has 1 heterocycles. The maximum absolute atomic E-state index is 12.8. The molecular weight excluding hydrogens is 282 g/mol. The van der Waals surface area contributed by atoms with Crippen LogP contribution in [0.25, 0.3) is 10.8 Å². The van der Waals surface area contributed by atoms with Gasteiger partial charge in [-0.15, -0.1) is 0 Å². The molecule has 3 nitrogen and oxygen atoms in total. The van der Waals surface area contributed by atoms with Crippen LogP contribution in [0.2, 0.25) is 0 Å². The summed E-state index contributed by atoms with van der Waals surface area (Å²) in [5, 5.41) is 2.04. The first-order valence-electron chi connectivity index (χ1n) is 7.46. The topological polar surface area (TPSA) is 37.4 Å². The molecule has 2 aromatic rings. The molecule has 0 radical (unpaired) electrons. The van der Waals surface area contributed by atoms with Gasteiger partial charge < -0.3 is 0 Å². The molecule has 0 N–H and O–H groups in total. The summed E-state index contributed by atoms with van der Waals surface area (Å²) in [4.78, 5) is 0.405. The highest BCUT2D eigenvalue weighted by Gasteiger charge is 2.31. The zero-order valence-electron chi connectivity index (χ0n) is 12.5. The van der Waals surface area contributed by atoms with Crippen molar-refractivity contribution in [3.05, 3.63) is 42.5 Å². The van der Waals surface area contributed by atoms with Gasteiger partial charge in [-0.1, -0.05) is 44.2 Å². The molecule has 1 fully saturated rings. The molecule has 0 unspecified atom stereocenters. The van der Waals surface area contributed by atoms with Crippen LogP contribution in [-0.4, -0.2) is 25.8 Å². The summed E-state index contributed by atoms with van der Waals surface area (Å²) in [6.07, 6.45) is 1.10. The van der Waals surface area contributed by atoms with E-state index in [1.165, 1.54) is 0 Å². The number of hydrogen-bond donors (Lipinski definition) is 0. The largest absolute Gasteiger partial charge is 0.243 e. The highest BCUT2D eigenvalue weighted by Crippen LogP contribution is 2.28. The molecule has 1 saturated heterocycles. The Morgan fingerprint density at radius 2 is 1.57 bits per heavy atom. The van der Waals surface area contributed by atoms with Gasteiger partial charge in [-0.25, -0.2) is 8.42 Å². The SMILES string of the molecule is C[C@H]1C[C@H](C)CN(S(=O)(=O)c2ccc3ccccc3c2)C1. The van der Waals surface area contributed by atoms with Crippen molar-refractivity contribution in [3.63, 3.8) is 0 Å². The standard InChI is InChI=1S/C17H21NO2S/c1-13-9-14(2)12-18(11-13)21(19,20)17-8-7-15-5-3-4-6-16(15)10-17/h3-8,10,13-14H,9,11-12H2,1-2H3/t13-,14-/m0/s1. The van der Waals surface area contributed by atoms with Gasteiger partial charge in [-0.3, -0.25) is 0 Å². The third kappa shape index (κ3) is 2.83. The van der Waals surface area contributed by atoms with Gasteiger partial charge in [0.1, 0.15) is 0 Å². The van der Waals surface area contributed by atoms with E-state index in [0.717, 1.165) is 17.2 Å². The fourth-order valence-electron chi connectivity index (χ4n) is 3.28. The third-order valence-electron chi connectivity index (χ3n) is 4.19. The van der Waals surface area contributed by atoms with E-state index in [1.807, 2.05) is 30.3 Å². The second-order valence-electron chi connectivity index (χ2n) is 6.28. The summed E-state index contributed by atoms with van der Waals surface area (Å²) in [6.45, 7) is 5.50. The normalized spacial score (nSPS) is 24.3. The van der Waals surface area contributed by atoms with Crippen molar-refractivity contribution in [2.45, 2.75) is 25.2 Å². The lowest BCUT2D eigenvalue weighted by Gasteiger charge is -2.34. The summed E-state index contributed by atoms with van der Waals surface area (Å²) >= 11 is 0. The lowest BCUT2D eigenvalue weighted by Crippen LogP contribution is -2.42. The second kappa shape index (κ2) is 5.43. The van der Waals surface area contributed by atoms with E-state index in [2.05, 4.69) is 13.8 Å². The van der Waals surface area contributed by atoms with Crippen LogP contribution in [-0.2, 0) is 10.0 Å². The first-order valence-corrected chi connectivity index (χ1v) is 8.90. The minimum Gasteiger partial charge on any atom is -0.207 e. The van der Waals surface area contributed by atoms with Gasteiger partial charge >= 0.3 is 0 Å². The highest BCUT2D eigenvalue weighted by atomic mass is 32.2. The van der Waals surface area contributed by atoms with Crippen LogP contribution in [0.15, 0.2) is 47.4 Å². The van der Waals surface area contributed by atoms with Crippen molar-refractivity contribution < 1.29 is 8.42 Å². The quantitative estimate of drug-likeness (QED) is 0.851. The van der Waals surface area contributed by atoms with Crippen molar-refractivity contribution in [2.24, 2.45) is 11.8 Å². The molecule has 0 bridgehead atoms. The minimum atomic E-state index is -3.39. The molecule has 0 amide bonds. The second-order valence-corrected chi connectivity index (χ2v) is 8.21.